The van der Waals surface area contributed by atoms with Gasteiger partial charge in [-0.05, 0) is 67.1 Å². The molecule has 1 N–H and O–H groups in total. The average Bonchev–Trinajstić information content (AvgIpc) is 2.92. The fraction of sp³-hybridized carbons (Fsp3) is 0.667. The smallest absolute Gasteiger partial charge is 0.302 e. The van der Waals surface area contributed by atoms with E-state index >= 15 is 0 Å². The zero-order valence-corrected chi connectivity index (χ0v) is 17.4. The zero-order chi connectivity index (χ0) is 20.3. The third-order valence-electron chi connectivity index (χ3n) is 8.28. The minimum Gasteiger partial charge on any atom is -0.462 e. The highest BCUT2D eigenvalue weighted by Crippen LogP contribution is 2.66. The van der Waals surface area contributed by atoms with Crippen molar-refractivity contribution in [2.24, 2.45) is 34.5 Å². The maximum absolute atomic E-state index is 12.0. The SMILES string of the molecule is CC(=O)OC/C=C1\CC[C@H]2[C@@H]3C[C@H](C)C4=CC(=O)C=C[C@]4(C)[C@H]3[C@@H](O)C[C@]12C. The molecule has 4 rings (SSSR count). The molecule has 0 amide bonds. The van der Waals surface area contributed by atoms with Gasteiger partial charge in [-0.3, -0.25) is 9.59 Å². The lowest BCUT2D eigenvalue weighted by Gasteiger charge is -2.59. The molecule has 4 nitrogen and oxygen atoms in total. The molecule has 4 aliphatic rings. The Balaban J connectivity index is 1.67. The Labute approximate surface area is 167 Å². The highest BCUT2D eigenvalue weighted by atomic mass is 16.5. The van der Waals surface area contributed by atoms with E-state index in [2.05, 4.69) is 32.9 Å². The molecule has 4 aliphatic carbocycles. The molecule has 0 heterocycles. The largest absolute Gasteiger partial charge is 0.462 e. The first kappa shape index (κ1) is 19.6. The first-order chi connectivity index (χ1) is 13.2. The summed E-state index contributed by atoms with van der Waals surface area (Å²) in [7, 11) is 0. The van der Waals surface area contributed by atoms with Gasteiger partial charge in [0.05, 0.1) is 6.10 Å². The van der Waals surface area contributed by atoms with Gasteiger partial charge in [-0.2, -0.15) is 0 Å². The molecule has 4 heteroatoms. The maximum atomic E-state index is 12.0. The van der Waals surface area contributed by atoms with Crippen LogP contribution in [0.2, 0.25) is 0 Å². The number of ether oxygens (including phenoxy) is 1. The molecule has 0 spiro atoms. The van der Waals surface area contributed by atoms with E-state index in [0.29, 0.717) is 24.4 Å². The number of rotatable bonds is 2. The zero-order valence-electron chi connectivity index (χ0n) is 17.4. The van der Waals surface area contributed by atoms with Gasteiger partial charge < -0.3 is 9.84 Å². The van der Waals surface area contributed by atoms with Crippen LogP contribution in [0.3, 0.4) is 0 Å². The van der Waals surface area contributed by atoms with E-state index in [0.717, 1.165) is 25.7 Å². The topological polar surface area (TPSA) is 63.6 Å². The van der Waals surface area contributed by atoms with Gasteiger partial charge in [-0.15, -0.1) is 0 Å². The van der Waals surface area contributed by atoms with Crippen molar-refractivity contribution in [2.45, 2.75) is 59.5 Å². The molecule has 0 unspecified atom stereocenters. The Morgan fingerprint density at radius 1 is 1.39 bits per heavy atom. The molecule has 152 valence electrons. The lowest BCUT2D eigenvalue weighted by Crippen LogP contribution is -2.56. The van der Waals surface area contributed by atoms with Crippen molar-refractivity contribution in [1.82, 2.24) is 0 Å². The fourth-order valence-electron chi connectivity index (χ4n) is 7.19. The molecule has 0 bridgehead atoms. The molecule has 3 saturated carbocycles. The van der Waals surface area contributed by atoms with E-state index in [4.69, 9.17) is 4.74 Å². The van der Waals surface area contributed by atoms with Crippen molar-refractivity contribution in [3.8, 4) is 0 Å². The predicted octanol–water partition coefficient (Wildman–Crippen LogP) is 4.00. The van der Waals surface area contributed by atoms with E-state index in [1.165, 1.54) is 18.1 Å². The van der Waals surface area contributed by atoms with Gasteiger partial charge in [0.1, 0.15) is 6.61 Å². The number of carbonyl (C=O) groups is 2. The highest BCUT2D eigenvalue weighted by molar-refractivity contribution is 6.01. The second kappa shape index (κ2) is 6.69. The van der Waals surface area contributed by atoms with Crippen LogP contribution in [0.15, 0.2) is 35.5 Å². The van der Waals surface area contributed by atoms with Crippen LogP contribution in [-0.4, -0.2) is 29.6 Å². The van der Waals surface area contributed by atoms with Gasteiger partial charge in [0.2, 0.25) is 0 Å². The molecule has 3 fully saturated rings. The number of esters is 1. The predicted molar refractivity (Wildman–Crippen MR) is 107 cm³/mol. The molecule has 0 aromatic carbocycles. The summed E-state index contributed by atoms with van der Waals surface area (Å²) in [4.78, 5) is 23.1. The molecule has 0 saturated heterocycles. The van der Waals surface area contributed by atoms with E-state index in [1.807, 2.05) is 6.08 Å². The van der Waals surface area contributed by atoms with Crippen LogP contribution >= 0.6 is 0 Å². The summed E-state index contributed by atoms with van der Waals surface area (Å²) in [5, 5.41) is 11.3. The van der Waals surface area contributed by atoms with Gasteiger partial charge in [0, 0.05) is 18.3 Å². The third kappa shape index (κ3) is 2.83. The number of hydrogen-bond donors (Lipinski definition) is 1. The minimum absolute atomic E-state index is 0.0355. The Kier molecular flexibility index (Phi) is 4.69. The van der Waals surface area contributed by atoms with Crippen LogP contribution in [0.4, 0.5) is 0 Å². The van der Waals surface area contributed by atoms with Crippen LogP contribution in [0.1, 0.15) is 53.4 Å². The normalized spacial score (nSPS) is 45.9. The number of ketones is 1. The molecule has 28 heavy (non-hydrogen) atoms. The summed E-state index contributed by atoms with van der Waals surface area (Å²) in [6.07, 6.45) is 11.2. The minimum atomic E-state index is -0.403. The Morgan fingerprint density at radius 2 is 2.14 bits per heavy atom. The van der Waals surface area contributed by atoms with E-state index < -0.39 is 6.10 Å². The van der Waals surface area contributed by atoms with Crippen molar-refractivity contribution in [3.05, 3.63) is 35.5 Å². The number of hydrogen-bond acceptors (Lipinski definition) is 4. The van der Waals surface area contributed by atoms with Gasteiger partial charge in [0.25, 0.3) is 0 Å². The summed E-state index contributed by atoms with van der Waals surface area (Å²) >= 11 is 0. The highest BCUT2D eigenvalue weighted by Gasteiger charge is 2.61. The number of fused-ring (bicyclic) bond motifs is 5. The average molecular weight is 385 g/mol. The van der Waals surface area contributed by atoms with Gasteiger partial charge in [-0.25, -0.2) is 0 Å². The molecule has 0 aromatic rings. The standard InChI is InChI=1S/C24H32O4/c1-14-11-18-19-6-5-16(8-10-28-15(2)25)24(19,4)13-21(27)22(18)23(3)9-7-17(26)12-20(14)23/h7-9,12,14,18-19,21-22,27H,5-6,10-11,13H2,1-4H3/b16-8+/t14-,18-,19-,21-,22+,23-,24+/m0/s1. The quantitative estimate of drug-likeness (QED) is 0.577. The lowest BCUT2D eigenvalue weighted by atomic mass is 9.46. The van der Waals surface area contributed by atoms with Crippen LogP contribution in [0.25, 0.3) is 0 Å². The van der Waals surface area contributed by atoms with Crippen molar-refractivity contribution >= 4 is 11.8 Å². The summed E-state index contributed by atoms with van der Waals surface area (Å²) < 4.78 is 5.15. The number of aliphatic hydroxyl groups excluding tert-OH is 1. The molecule has 0 radical (unpaired) electrons. The Morgan fingerprint density at radius 3 is 2.86 bits per heavy atom. The maximum Gasteiger partial charge on any atom is 0.302 e. The molecular weight excluding hydrogens is 352 g/mol. The van der Waals surface area contributed by atoms with Crippen molar-refractivity contribution < 1.29 is 19.4 Å². The van der Waals surface area contributed by atoms with Crippen LogP contribution < -0.4 is 0 Å². The first-order valence-electron chi connectivity index (χ1n) is 10.6. The van der Waals surface area contributed by atoms with E-state index in [1.54, 1.807) is 6.08 Å². The number of allylic oxidation sites excluding steroid dienone is 5. The number of carbonyl (C=O) groups excluding carboxylic acids is 2. The number of aliphatic hydroxyl groups is 1. The van der Waals surface area contributed by atoms with Crippen LogP contribution in [0, 0.1) is 34.5 Å². The van der Waals surface area contributed by atoms with Crippen LogP contribution in [0.5, 0.6) is 0 Å². The first-order valence-corrected chi connectivity index (χ1v) is 10.6. The Bertz CT molecular complexity index is 790. The molecule has 0 aliphatic heterocycles. The third-order valence-corrected chi connectivity index (χ3v) is 8.28. The lowest BCUT2D eigenvalue weighted by molar-refractivity contribution is -0.139. The van der Waals surface area contributed by atoms with Crippen molar-refractivity contribution in [1.29, 1.82) is 0 Å². The second-order valence-electron chi connectivity index (χ2n) is 9.81. The summed E-state index contributed by atoms with van der Waals surface area (Å²) in [5.74, 6) is 1.28. The summed E-state index contributed by atoms with van der Waals surface area (Å²) in [6, 6.07) is 0. The van der Waals surface area contributed by atoms with E-state index in [9.17, 15) is 14.7 Å². The van der Waals surface area contributed by atoms with Gasteiger partial charge in [0.15, 0.2) is 5.78 Å². The molecule has 0 aromatic heterocycles. The van der Waals surface area contributed by atoms with Crippen molar-refractivity contribution in [2.75, 3.05) is 6.61 Å². The second-order valence-corrected chi connectivity index (χ2v) is 9.81. The van der Waals surface area contributed by atoms with Crippen LogP contribution in [-0.2, 0) is 14.3 Å². The molecule has 7 atom stereocenters. The monoisotopic (exact) mass is 384 g/mol. The fourth-order valence-corrected chi connectivity index (χ4v) is 7.19. The summed E-state index contributed by atoms with van der Waals surface area (Å²) in [6.45, 7) is 8.50. The van der Waals surface area contributed by atoms with Gasteiger partial charge in [-0.1, -0.05) is 38.0 Å². The van der Waals surface area contributed by atoms with Crippen molar-refractivity contribution in [3.63, 3.8) is 0 Å². The summed E-state index contributed by atoms with van der Waals surface area (Å²) in [5.41, 5.74) is 2.27. The van der Waals surface area contributed by atoms with E-state index in [-0.39, 0.29) is 28.5 Å². The molecular formula is C24H32O4. The Hall–Kier alpha value is -1.68. The van der Waals surface area contributed by atoms with Gasteiger partial charge >= 0.3 is 5.97 Å².